The van der Waals surface area contributed by atoms with Crippen LogP contribution in [0.2, 0.25) is 10.0 Å². The van der Waals surface area contributed by atoms with Gasteiger partial charge in [0.2, 0.25) is 0 Å². The highest BCUT2D eigenvalue weighted by Gasteiger charge is 2.48. The van der Waals surface area contributed by atoms with Gasteiger partial charge in [-0.3, -0.25) is 9.69 Å². The summed E-state index contributed by atoms with van der Waals surface area (Å²) in [5.41, 5.74) is -0.215. The van der Waals surface area contributed by atoms with E-state index in [4.69, 9.17) is 23.2 Å². The number of amides is 3. The number of halogens is 2. The van der Waals surface area contributed by atoms with E-state index < -0.39 is 11.6 Å². The normalized spacial score (nSPS) is 17.5. The first-order valence-electron chi connectivity index (χ1n) is 6.52. The summed E-state index contributed by atoms with van der Waals surface area (Å²) in [6, 6.07) is 4.71. The van der Waals surface area contributed by atoms with Crippen molar-refractivity contribution in [1.82, 2.24) is 10.2 Å². The summed E-state index contributed by atoms with van der Waals surface area (Å²) in [4.78, 5) is 25.7. The van der Waals surface area contributed by atoms with Crippen LogP contribution >= 0.6 is 23.2 Å². The van der Waals surface area contributed by atoms with Gasteiger partial charge in [0.15, 0.2) is 0 Å². The maximum atomic E-state index is 12.5. The highest BCUT2D eigenvalue weighted by molar-refractivity contribution is 6.36. The number of carbonyl (C=O) groups excluding carboxylic acids is 2. The molecule has 3 amide bonds. The number of carbonyl (C=O) groups is 2. The van der Waals surface area contributed by atoms with Gasteiger partial charge in [-0.2, -0.15) is 0 Å². The zero-order valence-corrected chi connectivity index (χ0v) is 12.9. The molecule has 0 spiro atoms. The third-order valence-electron chi connectivity index (χ3n) is 3.83. The Morgan fingerprint density at radius 2 is 1.70 bits per heavy atom. The van der Waals surface area contributed by atoms with E-state index in [1.54, 1.807) is 18.2 Å². The topological polar surface area (TPSA) is 49.4 Å². The van der Waals surface area contributed by atoms with E-state index in [1.807, 2.05) is 13.8 Å². The van der Waals surface area contributed by atoms with Crippen LogP contribution in [0.4, 0.5) is 4.79 Å². The van der Waals surface area contributed by atoms with E-state index in [0.29, 0.717) is 28.5 Å². The average molecular weight is 315 g/mol. The lowest BCUT2D eigenvalue weighted by molar-refractivity contribution is -0.132. The van der Waals surface area contributed by atoms with E-state index in [1.165, 1.54) is 4.90 Å². The second-order valence-electron chi connectivity index (χ2n) is 4.81. The van der Waals surface area contributed by atoms with Crippen LogP contribution in [0.15, 0.2) is 18.2 Å². The van der Waals surface area contributed by atoms with Crippen LogP contribution < -0.4 is 5.32 Å². The molecule has 20 heavy (non-hydrogen) atoms. The summed E-state index contributed by atoms with van der Waals surface area (Å²) in [5.74, 6) is -0.219. The number of urea groups is 1. The van der Waals surface area contributed by atoms with E-state index in [9.17, 15) is 9.59 Å². The van der Waals surface area contributed by atoms with Crippen molar-refractivity contribution < 1.29 is 9.59 Å². The van der Waals surface area contributed by atoms with Gasteiger partial charge in [-0.05, 0) is 25.0 Å². The van der Waals surface area contributed by atoms with Crippen LogP contribution in [0.3, 0.4) is 0 Å². The summed E-state index contributed by atoms with van der Waals surface area (Å²) in [6.07, 6.45) is 1.11. The maximum Gasteiger partial charge on any atom is 0.325 e. The third-order valence-corrected chi connectivity index (χ3v) is 4.54. The molecule has 0 unspecified atom stereocenters. The van der Waals surface area contributed by atoms with Crippen LogP contribution in [0.25, 0.3) is 0 Å². The van der Waals surface area contributed by atoms with Crippen molar-refractivity contribution in [3.05, 3.63) is 33.8 Å². The van der Waals surface area contributed by atoms with Crippen LogP contribution in [0, 0.1) is 0 Å². The predicted octanol–water partition coefficient (Wildman–Crippen LogP) is 3.60. The molecule has 0 atom stereocenters. The molecular weight excluding hydrogens is 299 g/mol. The highest BCUT2D eigenvalue weighted by Crippen LogP contribution is 2.30. The van der Waals surface area contributed by atoms with Crippen LogP contribution in [0.5, 0.6) is 0 Å². The second kappa shape index (κ2) is 5.62. The molecular formula is C14H16Cl2N2O2. The van der Waals surface area contributed by atoms with Gasteiger partial charge in [0.1, 0.15) is 5.54 Å². The molecule has 1 aromatic carbocycles. The first-order valence-corrected chi connectivity index (χ1v) is 7.27. The molecule has 0 aliphatic carbocycles. The molecule has 1 N–H and O–H groups in total. The zero-order valence-electron chi connectivity index (χ0n) is 11.4. The van der Waals surface area contributed by atoms with Gasteiger partial charge in [0, 0.05) is 15.6 Å². The van der Waals surface area contributed by atoms with Gasteiger partial charge in [-0.25, -0.2) is 4.79 Å². The lowest BCUT2D eigenvalue weighted by Gasteiger charge is -2.23. The van der Waals surface area contributed by atoms with E-state index in [2.05, 4.69) is 5.32 Å². The van der Waals surface area contributed by atoms with Crippen molar-refractivity contribution in [3.63, 3.8) is 0 Å². The predicted molar refractivity (Wildman–Crippen MR) is 78.9 cm³/mol. The fourth-order valence-corrected chi connectivity index (χ4v) is 2.91. The molecule has 1 aliphatic heterocycles. The van der Waals surface area contributed by atoms with E-state index in [0.717, 1.165) is 0 Å². The molecule has 0 aromatic heterocycles. The van der Waals surface area contributed by atoms with Crippen molar-refractivity contribution in [3.8, 4) is 0 Å². The minimum atomic E-state index is -0.801. The fraction of sp³-hybridized carbons (Fsp3) is 0.429. The molecule has 108 valence electrons. The first kappa shape index (κ1) is 15.1. The number of nitrogens with one attached hydrogen (secondary N) is 1. The molecule has 1 heterocycles. The largest absolute Gasteiger partial charge is 0.325 e. The van der Waals surface area contributed by atoms with Gasteiger partial charge in [0.05, 0.1) is 6.54 Å². The quantitative estimate of drug-likeness (QED) is 0.863. The molecule has 0 saturated carbocycles. The zero-order chi connectivity index (χ0) is 14.9. The number of rotatable bonds is 4. The van der Waals surface area contributed by atoms with E-state index in [-0.39, 0.29) is 12.5 Å². The van der Waals surface area contributed by atoms with Crippen LogP contribution in [-0.2, 0) is 11.3 Å². The highest BCUT2D eigenvalue weighted by atomic mass is 35.5. The Labute approximate surface area is 128 Å². The van der Waals surface area contributed by atoms with E-state index >= 15 is 0 Å². The molecule has 1 aliphatic rings. The third kappa shape index (κ3) is 2.38. The second-order valence-corrected chi connectivity index (χ2v) is 5.63. The SMILES string of the molecule is CCC1(CC)NC(=O)N(Cc2c(Cl)cccc2Cl)C1=O. The lowest BCUT2D eigenvalue weighted by Crippen LogP contribution is -2.45. The van der Waals surface area contributed by atoms with Crippen molar-refractivity contribution in [1.29, 1.82) is 0 Å². The Hall–Kier alpha value is -1.26. The molecule has 0 bridgehead atoms. The number of nitrogens with zero attached hydrogens (tertiary/aromatic N) is 1. The minimum Gasteiger partial charge on any atom is -0.323 e. The molecule has 2 rings (SSSR count). The summed E-state index contributed by atoms with van der Waals surface area (Å²) < 4.78 is 0. The van der Waals surface area contributed by atoms with Gasteiger partial charge in [-0.15, -0.1) is 0 Å². The van der Waals surface area contributed by atoms with Crippen molar-refractivity contribution in [2.75, 3.05) is 0 Å². The summed E-state index contributed by atoms with van der Waals surface area (Å²) in [6.45, 7) is 3.85. The Bertz CT molecular complexity index is 536. The number of imide groups is 1. The average Bonchev–Trinajstić information content (AvgIpc) is 2.67. The number of hydrogen-bond donors (Lipinski definition) is 1. The molecule has 4 nitrogen and oxygen atoms in total. The molecule has 1 saturated heterocycles. The molecule has 0 radical (unpaired) electrons. The fourth-order valence-electron chi connectivity index (χ4n) is 2.39. The van der Waals surface area contributed by atoms with Gasteiger partial charge >= 0.3 is 6.03 Å². The first-order chi connectivity index (χ1) is 9.45. The Morgan fingerprint density at radius 3 is 2.15 bits per heavy atom. The molecule has 1 fully saturated rings. The van der Waals surface area contributed by atoms with Gasteiger partial charge < -0.3 is 5.32 Å². The lowest BCUT2D eigenvalue weighted by atomic mass is 9.93. The summed E-state index contributed by atoms with van der Waals surface area (Å²) in [7, 11) is 0. The minimum absolute atomic E-state index is 0.0882. The molecule has 6 heteroatoms. The van der Waals surface area contributed by atoms with Crippen LogP contribution in [0.1, 0.15) is 32.3 Å². The maximum absolute atomic E-state index is 12.5. The van der Waals surface area contributed by atoms with Crippen LogP contribution in [-0.4, -0.2) is 22.4 Å². The van der Waals surface area contributed by atoms with Gasteiger partial charge in [0.25, 0.3) is 5.91 Å². The number of benzene rings is 1. The smallest absolute Gasteiger partial charge is 0.323 e. The Morgan fingerprint density at radius 1 is 1.15 bits per heavy atom. The standard InChI is InChI=1S/C14H16Cl2N2O2/c1-3-14(4-2)12(19)18(13(20)17-14)8-9-10(15)6-5-7-11(9)16/h5-7H,3-4,8H2,1-2H3,(H,17,20). The van der Waals surface area contributed by atoms with Gasteiger partial charge in [-0.1, -0.05) is 43.1 Å². The van der Waals surface area contributed by atoms with Crippen molar-refractivity contribution >= 4 is 35.1 Å². The summed E-state index contributed by atoms with van der Waals surface area (Å²) >= 11 is 12.2. The Balaban J connectivity index is 2.31. The van der Waals surface area contributed by atoms with Crippen molar-refractivity contribution in [2.45, 2.75) is 38.8 Å². The number of hydrogen-bond acceptors (Lipinski definition) is 2. The summed E-state index contributed by atoms with van der Waals surface area (Å²) in [5, 5.41) is 3.67. The monoisotopic (exact) mass is 314 g/mol. The van der Waals surface area contributed by atoms with Crippen molar-refractivity contribution in [2.24, 2.45) is 0 Å². The Kier molecular flexibility index (Phi) is 4.25. The molecule has 1 aromatic rings.